The Morgan fingerprint density at radius 1 is 1.35 bits per heavy atom. The van der Waals surface area contributed by atoms with Gasteiger partial charge in [0.15, 0.2) is 0 Å². The van der Waals surface area contributed by atoms with Gasteiger partial charge in [-0.3, -0.25) is 0 Å². The second kappa shape index (κ2) is 7.28. The van der Waals surface area contributed by atoms with Gasteiger partial charge in [0.25, 0.3) is 0 Å². The van der Waals surface area contributed by atoms with Gasteiger partial charge in [0.2, 0.25) is 0 Å². The number of aryl methyl sites for hydroxylation is 1. The van der Waals surface area contributed by atoms with Crippen LogP contribution in [0, 0.1) is 18.2 Å². The van der Waals surface area contributed by atoms with Gasteiger partial charge in [0.05, 0.1) is 0 Å². The normalized spacial score (nSPS) is 25.3. The molecule has 1 aromatic rings. The molecule has 26 heavy (non-hydrogen) atoms. The van der Waals surface area contributed by atoms with Crippen molar-refractivity contribution in [2.75, 3.05) is 6.61 Å². The number of hydrogen-bond acceptors (Lipinski definition) is 7. The summed E-state index contributed by atoms with van der Waals surface area (Å²) >= 11 is 0. The van der Waals surface area contributed by atoms with Crippen molar-refractivity contribution >= 4 is 29.2 Å². The van der Waals surface area contributed by atoms with Crippen LogP contribution in [0.25, 0.3) is 0 Å². The molecule has 2 amide bonds. The van der Waals surface area contributed by atoms with Gasteiger partial charge in [-0.2, -0.15) is 0 Å². The Bertz CT molecular complexity index is 820. The van der Waals surface area contributed by atoms with Gasteiger partial charge in [-0.25, -0.2) is 0 Å². The molecule has 0 aromatic heterocycles. The summed E-state index contributed by atoms with van der Waals surface area (Å²) in [6.45, 7) is 1.86. The van der Waals surface area contributed by atoms with E-state index in [4.69, 9.17) is 14.2 Å². The predicted octanol–water partition coefficient (Wildman–Crippen LogP) is 1.64. The van der Waals surface area contributed by atoms with Crippen LogP contribution in [0.15, 0.2) is 29.2 Å². The van der Waals surface area contributed by atoms with E-state index in [1.807, 2.05) is 6.92 Å². The molecule has 0 spiro atoms. The van der Waals surface area contributed by atoms with Crippen LogP contribution in [0.1, 0.15) is 24.8 Å². The summed E-state index contributed by atoms with van der Waals surface area (Å²) in [5.74, 6) is -1.13. The Labute approximate surface area is 152 Å². The van der Waals surface area contributed by atoms with Crippen molar-refractivity contribution in [2.45, 2.75) is 43.1 Å². The molecule has 1 aromatic carbocycles. The molecular formula is C16H19BN2O6S. The first kappa shape index (κ1) is 18.7. The van der Waals surface area contributed by atoms with Crippen LogP contribution in [0.5, 0.6) is 0 Å². The Kier molecular flexibility index (Phi) is 5.24. The van der Waals surface area contributed by atoms with Gasteiger partial charge in [-0.05, 0) is 6.92 Å². The Hall–Kier alpha value is -2.07. The quantitative estimate of drug-likeness (QED) is 0.595. The van der Waals surface area contributed by atoms with Gasteiger partial charge in [0, 0.05) is 0 Å². The summed E-state index contributed by atoms with van der Waals surface area (Å²) in [6, 6.07) is 6.41. The van der Waals surface area contributed by atoms with Crippen molar-refractivity contribution in [3.05, 3.63) is 29.8 Å². The number of carbonyl (C=O) groups is 2. The van der Waals surface area contributed by atoms with Crippen LogP contribution < -0.4 is 0 Å². The number of cyclic esters (lactones) is 1. The van der Waals surface area contributed by atoms with Gasteiger partial charge >= 0.3 is 139 Å². The minimum absolute atomic E-state index is 0.000725. The van der Waals surface area contributed by atoms with Crippen molar-refractivity contribution < 1.29 is 26.9 Å². The number of imide groups is 1. The fourth-order valence-corrected chi connectivity index (χ4v) is 4.15. The number of ether oxygens (including phenoxy) is 1. The molecule has 1 saturated carbocycles. The number of nitrogens with zero attached hydrogens (tertiary/aromatic N) is 1. The van der Waals surface area contributed by atoms with Gasteiger partial charge < -0.3 is 0 Å². The number of nitrogens with one attached hydrogen (secondary N) is 1. The van der Waals surface area contributed by atoms with E-state index in [1.54, 1.807) is 12.1 Å². The van der Waals surface area contributed by atoms with Crippen LogP contribution in [-0.2, 0) is 23.8 Å². The van der Waals surface area contributed by atoms with Gasteiger partial charge in [-0.1, -0.05) is 5.56 Å². The van der Waals surface area contributed by atoms with E-state index in [2.05, 4.69) is 0 Å². The van der Waals surface area contributed by atoms with E-state index in [0.29, 0.717) is 12.8 Å². The molecule has 2 aliphatic rings. The molecule has 0 bridgehead atoms. The van der Waals surface area contributed by atoms with Crippen LogP contribution in [-0.4, -0.2) is 51.0 Å². The Morgan fingerprint density at radius 2 is 2.00 bits per heavy atom. The molecule has 8 nitrogen and oxygen atoms in total. The van der Waals surface area contributed by atoms with Crippen molar-refractivity contribution in [1.29, 1.82) is 5.31 Å². The van der Waals surface area contributed by atoms with E-state index in [1.165, 1.54) is 12.1 Å². The first-order chi connectivity index (χ1) is 12.3. The summed E-state index contributed by atoms with van der Waals surface area (Å²) in [7, 11) is -2.82. The topological polar surface area (TPSA) is 114 Å². The maximum atomic E-state index is 12.2. The Balaban J connectivity index is 1.51. The van der Waals surface area contributed by atoms with E-state index >= 15 is 0 Å². The van der Waals surface area contributed by atoms with Crippen LogP contribution in [0.4, 0.5) is 4.79 Å². The van der Waals surface area contributed by atoms with Crippen molar-refractivity contribution in [3.63, 3.8) is 0 Å². The fourth-order valence-electron chi connectivity index (χ4n) is 3.05. The third kappa shape index (κ3) is 3.86. The zero-order valence-electron chi connectivity index (χ0n) is 14.3. The van der Waals surface area contributed by atoms with Crippen molar-refractivity contribution in [3.8, 4) is 0 Å². The standard InChI is InChI=1S/C16H19BN2O6S/c1-10-2-4-13(5-3-10)26(22,23)25-12-6-11(7-12)8-15(20)19-14(17-18)9-24-16(19)21/h2-5,11-12,14,18H,6-9H2,1H3/t11?,12?,14-/m1/s1. The van der Waals surface area contributed by atoms with E-state index in [9.17, 15) is 18.0 Å². The predicted molar refractivity (Wildman–Crippen MR) is 91.0 cm³/mol. The summed E-state index contributed by atoms with van der Waals surface area (Å²) in [5.41, 5.74) is 0.954. The second-order valence-corrected chi connectivity index (χ2v) is 8.17. The summed E-state index contributed by atoms with van der Waals surface area (Å²) < 4.78 is 34.5. The summed E-state index contributed by atoms with van der Waals surface area (Å²) in [4.78, 5) is 24.9. The molecule has 1 aliphatic heterocycles. The molecule has 0 radical (unpaired) electrons. The number of rotatable bonds is 6. The molecule has 1 aliphatic carbocycles. The SMILES string of the molecule is Cc1ccc(S(=O)(=O)OC2CC(CC(=O)N3C(=O)OC[C@@H]3B=N)C2)cc1. The molecule has 138 valence electrons. The third-order valence-electron chi connectivity index (χ3n) is 4.60. The molecule has 3 rings (SSSR count). The van der Waals surface area contributed by atoms with Crippen molar-refractivity contribution in [2.24, 2.45) is 5.92 Å². The molecule has 1 atom stereocenters. The number of hydrogen-bond donors (Lipinski definition) is 1. The first-order valence-electron chi connectivity index (χ1n) is 8.29. The average molecular weight is 378 g/mol. The number of benzene rings is 1. The Morgan fingerprint density at radius 3 is 2.62 bits per heavy atom. The monoisotopic (exact) mass is 378 g/mol. The average Bonchev–Trinajstić information content (AvgIpc) is 2.94. The van der Waals surface area contributed by atoms with Gasteiger partial charge in [0.1, 0.15) is 0 Å². The molecule has 1 N–H and O–H groups in total. The van der Waals surface area contributed by atoms with E-state index in [-0.39, 0.29) is 23.8 Å². The second-order valence-electron chi connectivity index (χ2n) is 6.60. The molecule has 0 unspecified atom stereocenters. The van der Waals surface area contributed by atoms with Crippen LogP contribution in [0.2, 0.25) is 0 Å². The first-order valence-corrected chi connectivity index (χ1v) is 9.70. The zero-order chi connectivity index (χ0) is 18.9. The summed E-state index contributed by atoms with van der Waals surface area (Å²) in [5, 5.41) is 7.24. The fraction of sp³-hybridized carbons (Fsp3) is 0.500. The molecule has 10 heteroatoms. The van der Waals surface area contributed by atoms with E-state index in [0.717, 1.165) is 17.5 Å². The molecule has 1 heterocycles. The zero-order valence-corrected chi connectivity index (χ0v) is 15.1. The maximum absolute atomic E-state index is 12.2. The molecule has 1 saturated heterocycles. The minimum atomic E-state index is -3.83. The molecular weight excluding hydrogens is 359 g/mol. The number of amides is 2. The number of carbonyl (C=O) groups excluding carboxylic acids is 2. The third-order valence-corrected chi connectivity index (χ3v) is 5.97. The summed E-state index contributed by atoms with van der Waals surface area (Å²) in [6.07, 6.45) is -0.255. The molecule has 2 fully saturated rings. The van der Waals surface area contributed by atoms with Crippen LogP contribution >= 0.6 is 0 Å². The van der Waals surface area contributed by atoms with Crippen LogP contribution in [0.3, 0.4) is 0 Å². The van der Waals surface area contributed by atoms with E-state index < -0.39 is 34.2 Å². The van der Waals surface area contributed by atoms with Crippen molar-refractivity contribution in [1.82, 2.24) is 4.90 Å². The van der Waals surface area contributed by atoms with Gasteiger partial charge in [-0.15, -0.1) is 0 Å².